The Hall–Kier alpha value is -3.79. The topological polar surface area (TPSA) is 126 Å². The number of carbonyl (C=O) groups excluding carboxylic acids is 1. The fourth-order valence-electron chi connectivity index (χ4n) is 4.32. The van der Waals surface area contributed by atoms with Crippen LogP contribution >= 0.6 is 0 Å². The van der Waals surface area contributed by atoms with Crippen LogP contribution in [0.5, 0.6) is 0 Å². The van der Waals surface area contributed by atoms with Crippen LogP contribution in [0.4, 0.5) is 0 Å². The third kappa shape index (κ3) is 3.58. The lowest BCUT2D eigenvalue weighted by Crippen LogP contribution is -2.35. The molecule has 0 atom stereocenters. The molecule has 164 valence electrons. The Morgan fingerprint density at radius 1 is 1.16 bits per heavy atom. The number of hydrogen-bond acceptors (Lipinski definition) is 7. The number of fused-ring (bicyclic) bond motifs is 2. The van der Waals surface area contributed by atoms with Crippen LogP contribution in [0.3, 0.4) is 0 Å². The van der Waals surface area contributed by atoms with Gasteiger partial charge in [-0.1, -0.05) is 12.1 Å². The van der Waals surface area contributed by atoms with E-state index < -0.39 is 5.97 Å². The molecule has 1 fully saturated rings. The van der Waals surface area contributed by atoms with Crippen LogP contribution in [0, 0.1) is 0 Å². The molecule has 0 radical (unpaired) electrons. The third-order valence-corrected chi connectivity index (χ3v) is 6.00. The summed E-state index contributed by atoms with van der Waals surface area (Å²) in [6, 6.07) is 7.42. The van der Waals surface area contributed by atoms with Gasteiger partial charge in [0.2, 0.25) is 0 Å². The fourth-order valence-corrected chi connectivity index (χ4v) is 4.32. The molecule has 0 amide bonds. The molecule has 3 aliphatic heterocycles. The minimum Gasteiger partial charge on any atom is -0.465 e. The van der Waals surface area contributed by atoms with Gasteiger partial charge in [0.1, 0.15) is 17.1 Å². The van der Waals surface area contributed by atoms with Crippen molar-refractivity contribution in [1.82, 2.24) is 29.6 Å². The van der Waals surface area contributed by atoms with E-state index in [0.717, 1.165) is 25.9 Å². The number of H-pyrrole nitrogens is 2. The number of nitrogens with one attached hydrogen (secondary N) is 2. The Balaban J connectivity index is 1.34. The first-order valence-electron chi connectivity index (χ1n) is 10.4. The number of pyridine rings is 1. The second-order valence-corrected chi connectivity index (χ2v) is 7.96. The second-order valence-electron chi connectivity index (χ2n) is 7.96. The minimum absolute atomic E-state index is 0.122. The van der Waals surface area contributed by atoms with Crippen molar-refractivity contribution in [3.63, 3.8) is 0 Å². The normalized spacial score (nSPS) is 15.4. The van der Waals surface area contributed by atoms with Crippen molar-refractivity contribution in [2.24, 2.45) is 0 Å². The summed E-state index contributed by atoms with van der Waals surface area (Å²) in [7, 11) is 1.31. The zero-order chi connectivity index (χ0) is 22.2. The second kappa shape index (κ2) is 8.04. The zero-order valence-corrected chi connectivity index (χ0v) is 17.5. The number of ether oxygens (including phenoxy) is 1. The van der Waals surface area contributed by atoms with Crippen molar-refractivity contribution in [3.8, 4) is 11.3 Å². The number of rotatable bonds is 4. The highest BCUT2D eigenvalue weighted by Gasteiger charge is 2.26. The molecule has 10 nitrogen and oxygen atoms in total. The van der Waals surface area contributed by atoms with E-state index in [-0.39, 0.29) is 22.7 Å². The molecule has 1 aromatic carbocycles. The van der Waals surface area contributed by atoms with Gasteiger partial charge in [0.25, 0.3) is 11.1 Å². The number of benzene rings is 1. The first kappa shape index (κ1) is 20.1. The number of carbonyl (C=O) groups is 1. The van der Waals surface area contributed by atoms with Gasteiger partial charge in [0.15, 0.2) is 0 Å². The summed E-state index contributed by atoms with van der Waals surface area (Å²) >= 11 is 0. The van der Waals surface area contributed by atoms with E-state index in [9.17, 15) is 14.4 Å². The summed E-state index contributed by atoms with van der Waals surface area (Å²) in [6.45, 7) is 2.13. The molecule has 0 spiro atoms. The number of likely N-dealkylation sites (tertiary alicyclic amines) is 1. The Morgan fingerprint density at radius 2 is 1.94 bits per heavy atom. The van der Waals surface area contributed by atoms with Crippen LogP contribution in [0.15, 0.2) is 46.2 Å². The minimum atomic E-state index is -0.528. The number of piperidine rings is 1. The van der Waals surface area contributed by atoms with Crippen molar-refractivity contribution >= 4 is 16.9 Å². The highest BCUT2D eigenvalue weighted by atomic mass is 16.5. The van der Waals surface area contributed by atoms with Crippen molar-refractivity contribution in [2.75, 3.05) is 20.2 Å². The Bertz CT molecular complexity index is 1380. The van der Waals surface area contributed by atoms with Gasteiger partial charge in [-0.15, -0.1) is 0 Å². The average molecular weight is 434 g/mol. The van der Waals surface area contributed by atoms with Gasteiger partial charge in [0, 0.05) is 31.5 Å². The zero-order valence-electron chi connectivity index (χ0n) is 17.5. The number of esters is 1. The summed E-state index contributed by atoms with van der Waals surface area (Å²) in [5.41, 5.74) is 1.18. The lowest BCUT2D eigenvalue weighted by atomic mass is 10.0. The van der Waals surface area contributed by atoms with Crippen LogP contribution in [-0.4, -0.2) is 55.8 Å². The van der Waals surface area contributed by atoms with Gasteiger partial charge in [-0.3, -0.25) is 14.5 Å². The van der Waals surface area contributed by atoms with Crippen LogP contribution in [0.25, 0.3) is 22.2 Å². The average Bonchev–Trinajstić information content (AvgIpc) is 3.19. The van der Waals surface area contributed by atoms with Crippen molar-refractivity contribution in [3.05, 3.63) is 68.8 Å². The summed E-state index contributed by atoms with van der Waals surface area (Å²) in [5.74, 6) is 0.114. The molecule has 2 N–H and O–H groups in total. The van der Waals surface area contributed by atoms with Gasteiger partial charge in [-0.05, 0) is 25.0 Å². The number of aromatic amines is 2. The maximum Gasteiger partial charge on any atom is 0.341 e. The molecule has 2 aromatic rings. The van der Waals surface area contributed by atoms with E-state index in [2.05, 4.69) is 25.1 Å². The standard InChI is InChI=1S/C22H22N6O4/c1-32-22(31)16-11-28(10-15-19(16)25-26-21(15)30)13-6-8-27(9-7-13)12-18-23-17-5-3-2-4-14(17)20(29)24-18/h2-5,10-11,13H,6-9,12H2,1H3,(H,26,30)(H,23,24,29). The van der Waals surface area contributed by atoms with E-state index >= 15 is 0 Å². The Morgan fingerprint density at radius 3 is 2.72 bits per heavy atom. The lowest BCUT2D eigenvalue weighted by Gasteiger charge is -2.33. The summed E-state index contributed by atoms with van der Waals surface area (Å²) < 4.78 is 6.78. The van der Waals surface area contributed by atoms with Gasteiger partial charge < -0.3 is 14.3 Å². The Labute approximate surface area is 182 Å². The number of hydrogen-bond donors (Lipinski definition) is 2. The van der Waals surface area contributed by atoms with E-state index in [4.69, 9.17) is 4.74 Å². The molecule has 0 aliphatic carbocycles. The molecule has 10 heteroatoms. The SMILES string of the molecule is COC(=O)c1cn(C2CCN(Cc3nc4ccccc4c(=O)[nH]3)CC2)cc2c(=O)[nH]nc1-2. The quantitative estimate of drug-likeness (QED) is 0.467. The molecule has 0 bridgehead atoms. The molecular formula is C22H22N6O4. The summed E-state index contributed by atoms with van der Waals surface area (Å²) in [6.07, 6.45) is 5.09. The molecular weight excluding hydrogens is 412 g/mol. The predicted octanol–water partition coefficient (Wildman–Crippen LogP) is 1.54. The van der Waals surface area contributed by atoms with Gasteiger partial charge >= 0.3 is 5.97 Å². The highest BCUT2D eigenvalue weighted by molar-refractivity contribution is 5.95. The smallest absolute Gasteiger partial charge is 0.341 e. The maximum atomic E-state index is 12.3. The first-order chi connectivity index (χ1) is 15.5. The van der Waals surface area contributed by atoms with Gasteiger partial charge in [-0.2, -0.15) is 5.10 Å². The van der Waals surface area contributed by atoms with Crippen molar-refractivity contribution in [2.45, 2.75) is 25.4 Å². The molecule has 1 saturated heterocycles. The molecule has 32 heavy (non-hydrogen) atoms. The van der Waals surface area contributed by atoms with Crippen molar-refractivity contribution in [1.29, 1.82) is 0 Å². The van der Waals surface area contributed by atoms with E-state index in [0.29, 0.717) is 34.5 Å². The first-order valence-corrected chi connectivity index (χ1v) is 10.4. The van der Waals surface area contributed by atoms with Gasteiger partial charge in [-0.25, -0.2) is 14.9 Å². The molecule has 1 aromatic heterocycles. The summed E-state index contributed by atoms with van der Waals surface area (Å²) in [4.78, 5) is 46.4. The molecule has 3 aliphatic rings. The maximum absolute atomic E-state index is 12.3. The molecule has 0 unspecified atom stereocenters. The Kier molecular flexibility index (Phi) is 5.06. The highest BCUT2D eigenvalue weighted by Crippen LogP contribution is 2.28. The number of para-hydroxylation sites is 1. The van der Waals surface area contributed by atoms with Crippen molar-refractivity contribution < 1.29 is 9.53 Å². The van der Waals surface area contributed by atoms with Crippen LogP contribution in [0.1, 0.15) is 35.1 Å². The fraction of sp³-hybridized carbons (Fsp3) is 0.318. The lowest BCUT2D eigenvalue weighted by molar-refractivity contribution is 0.0599. The van der Waals surface area contributed by atoms with Crippen LogP contribution in [0.2, 0.25) is 0 Å². The van der Waals surface area contributed by atoms with E-state index in [1.165, 1.54) is 7.11 Å². The number of methoxy groups -OCH3 is 1. The molecule has 5 rings (SSSR count). The largest absolute Gasteiger partial charge is 0.465 e. The molecule has 0 saturated carbocycles. The van der Waals surface area contributed by atoms with E-state index in [1.54, 1.807) is 18.5 Å². The predicted molar refractivity (Wildman–Crippen MR) is 117 cm³/mol. The monoisotopic (exact) mass is 434 g/mol. The third-order valence-electron chi connectivity index (χ3n) is 6.00. The van der Waals surface area contributed by atoms with E-state index in [1.807, 2.05) is 22.8 Å². The van der Waals surface area contributed by atoms with Gasteiger partial charge in [0.05, 0.1) is 30.1 Å². The van der Waals surface area contributed by atoms with Crippen LogP contribution < -0.4 is 11.1 Å². The number of aromatic nitrogens is 5. The summed E-state index contributed by atoms with van der Waals surface area (Å²) in [5, 5.41) is 6.96. The number of nitrogens with zero attached hydrogens (tertiary/aromatic N) is 4. The van der Waals surface area contributed by atoms with Crippen LogP contribution in [-0.2, 0) is 11.3 Å². The molecule has 4 heterocycles.